The fourth-order valence-electron chi connectivity index (χ4n) is 3.03. The summed E-state index contributed by atoms with van der Waals surface area (Å²) < 4.78 is 6.74. The zero-order valence-electron chi connectivity index (χ0n) is 18.0. The van der Waals surface area contributed by atoms with Crippen molar-refractivity contribution in [3.05, 3.63) is 0 Å². The first-order valence-corrected chi connectivity index (χ1v) is 9.99. The van der Waals surface area contributed by atoms with E-state index in [-0.39, 0.29) is 10.8 Å². The predicted molar refractivity (Wildman–Crippen MR) is 105 cm³/mol. The van der Waals surface area contributed by atoms with Gasteiger partial charge in [0, 0.05) is 0 Å². The van der Waals surface area contributed by atoms with Crippen molar-refractivity contribution >= 4 is 0 Å². The molecular formula is C22H46O. The van der Waals surface area contributed by atoms with E-state index in [9.17, 15) is 0 Å². The summed E-state index contributed by atoms with van der Waals surface area (Å²) in [6.45, 7) is 23.3. The molecule has 1 nitrogen and oxygen atoms in total. The fourth-order valence-corrected chi connectivity index (χ4v) is 3.03. The minimum absolute atomic E-state index is 0.221. The molecule has 0 aliphatic carbocycles. The Morgan fingerprint density at radius 3 is 1.09 bits per heavy atom. The zero-order valence-corrected chi connectivity index (χ0v) is 18.0. The van der Waals surface area contributed by atoms with Crippen LogP contribution >= 0.6 is 0 Å². The summed E-state index contributed by atoms with van der Waals surface area (Å²) in [5.41, 5.74) is 0.442. The van der Waals surface area contributed by atoms with Crippen molar-refractivity contribution < 1.29 is 4.74 Å². The molecule has 2 atom stereocenters. The van der Waals surface area contributed by atoms with E-state index in [4.69, 9.17) is 4.74 Å². The molecule has 0 bridgehead atoms. The van der Waals surface area contributed by atoms with Crippen molar-refractivity contribution in [2.24, 2.45) is 22.7 Å². The van der Waals surface area contributed by atoms with Gasteiger partial charge in [0.25, 0.3) is 0 Å². The fraction of sp³-hybridized carbons (Fsp3) is 1.00. The molecule has 0 amide bonds. The number of rotatable bonds is 10. The topological polar surface area (TPSA) is 9.23 Å². The van der Waals surface area contributed by atoms with Crippen LogP contribution in [0.3, 0.4) is 0 Å². The van der Waals surface area contributed by atoms with E-state index in [2.05, 4.69) is 69.2 Å². The molecular weight excluding hydrogens is 280 g/mol. The van der Waals surface area contributed by atoms with Crippen LogP contribution in [0.2, 0.25) is 0 Å². The summed E-state index contributed by atoms with van der Waals surface area (Å²) in [6.07, 6.45) is 8.29. The van der Waals surface area contributed by atoms with Gasteiger partial charge in [-0.05, 0) is 35.5 Å². The highest BCUT2D eigenvalue weighted by Gasteiger charge is 2.32. The molecule has 0 heterocycles. The predicted octanol–water partition coefficient (Wildman–Crippen LogP) is 7.49. The van der Waals surface area contributed by atoms with E-state index < -0.39 is 0 Å². The summed E-state index contributed by atoms with van der Waals surface area (Å²) in [5, 5.41) is 0. The van der Waals surface area contributed by atoms with Gasteiger partial charge in [-0.2, -0.15) is 0 Å². The second kappa shape index (κ2) is 10.1. The highest BCUT2D eigenvalue weighted by atomic mass is 16.5. The van der Waals surface area contributed by atoms with E-state index in [0.717, 1.165) is 11.8 Å². The lowest BCUT2D eigenvalue weighted by molar-refractivity contribution is -0.114. The van der Waals surface area contributed by atoms with Crippen molar-refractivity contribution in [2.45, 2.75) is 120 Å². The van der Waals surface area contributed by atoms with Gasteiger partial charge in [-0.15, -0.1) is 0 Å². The Bertz CT molecular complexity index is 260. The highest BCUT2D eigenvalue weighted by Crippen LogP contribution is 2.34. The van der Waals surface area contributed by atoms with E-state index in [0.29, 0.717) is 12.2 Å². The van der Waals surface area contributed by atoms with Gasteiger partial charge in [0.05, 0.1) is 12.2 Å². The number of hydrogen-bond acceptors (Lipinski definition) is 1. The second-order valence-corrected chi connectivity index (χ2v) is 10.5. The molecule has 0 aromatic heterocycles. The molecule has 0 aromatic carbocycles. The van der Waals surface area contributed by atoms with Crippen molar-refractivity contribution in [2.75, 3.05) is 0 Å². The van der Waals surface area contributed by atoms with Crippen LogP contribution in [0.25, 0.3) is 0 Å². The van der Waals surface area contributed by atoms with Gasteiger partial charge in [-0.3, -0.25) is 0 Å². The van der Waals surface area contributed by atoms with Crippen molar-refractivity contribution in [3.63, 3.8) is 0 Å². The van der Waals surface area contributed by atoms with Crippen LogP contribution in [0, 0.1) is 22.7 Å². The molecule has 0 N–H and O–H groups in total. The van der Waals surface area contributed by atoms with Crippen molar-refractivity contribution in [1.29, 1.82) is 0 Å². The third kappa shape index (κ3) is 11.2. The van der Waals surface area contributed by atoms with E-state index in [1.165, 1.54) is 38.5 Å². The van der Waals surface area contributed by atoms with Crippen LogP contribution in [0.15, 0.2) is 0 Å². The van der Waals surface area contributed by atoms with E-state index >= 15 is 0 Å². The summed E-state index contributed by atoms with van der Waals surface area (Å²) in [4.78, 5) is 0. The Hall–Kier alpha value is -0.0400. The molecule has 2 unspecified atom stereocenters. The number of hydrogen-bond donors (Lipinski definition) is 0. The van der Waals surface area contributed by atoms with E-state index in [1.54, 1.807) is 0 Å². The molecule has 140 valence electrons. The molecule has 0 radical (unpaired) electrons. The lowest BCUT2D eigenvalue weighted by Gasteiger charge is -2.39. The van der Waals surface area contributed by atoms with Crippen molar-refractivity contribution in [3.8, 4) is 0 Å². The number of ether oxygens (including phenoxy) is 1. The Balaban J connectivity index is 4.77. The molecule has 23 heavy (non-hydrogen) atoms. The normalized spacial score (nSPS) is 16.2. The van der Waals surface area contributed by atoms with Crippen LogP contribution < -0.4 is 0 Å². The van der Waals surface area contributed by atoms with E-state index in [1.807, 2.05) is 0 Å². The molecule has 0 rings (SSSR count). The quantitative estimate of drug-likeness (QED) is 0.404. The Labute approximate surface area is 148 Å². The summed E-state index contributed by atoms with van der Waals surface area (Å²) in [5.74, 6) is 1.58. The highest BCUT2D eigenvalue weighted by molar-refractivity contribution is 4.81. The maximum Gasteiger partial charge on any atom is 0.0627 e. The van der Waals surface area contributed by atoms with Gasteiger partial charge >= 0.3 is 0 Å². The maximum absolute atomic E-state index is 6.74. The third-order valence-electron chi connectivity index (χ3n) is 4.76. The van der Waals surface area contributed by atoms with Gasteiger partial charge in [-0.25, -0.2) is 0 Å². The lowest BCUT2D eigenvalue weighted by Crippen LogP contribution is -2.39. The van der Waals surface area contributed by atoms with Crippen LogP contribution in [0.1, 0.15) is 108 Å². The second-order valence-electron chi connectivity index (χ2n) is 10.5. The minimum Gasteiger partial charge on any atom is -0.374 e. The zero-order chi connectivity index (χ0) is 18.3. The van der Waals surface area contributed by atoms with Gasteiger partial charge in [0.2, 0.25) is 0 Å². The molecule has 0 spiro atoms. The standard InChI is InChI=1S/C22H46O/c1-17(2)13-11-15-19(21(5,6)7)23-20(22(8,9)10)16-12-14-18(3)4/h17-20H,11-16H2,1-10H3. The molecule has 0 aliphatic rings. The average Bonchev–Trinajstić information content (AvgIpc) is 2.32. The summed E-state index contributed by atoms with van der Waals surface area (Å²) >= 11 is 0. The molecule has 0 saturated heterocycles. The first kappa shape index (κ1) is 23.0. The first-order valence-electron chi connectivity index (χ1n) is 9.99. The summed E-state index contributed by atoms with van der Waals surface area (Å²) in [7, 11) is 0. The van der Waals surface area contributed by atoms with Gasteiger partial charge < -0.3 is 4.74 Å². The summed E-state index contributed by atoms with van der Waals surface area (Å²) in [6, 6.07) is 0. The van der Waals surface area contributed by atoms with Crippen LogP contribution in [-0.4, -0.2) is 12.2 Å². The Morgan fingerprint density at radius 2 is 0.870 bits per heavy atom. The van der Waals surface area contributed by atoms with Crippen molar-refractivity contribution in [1.82, 2.24) is 0 Å². The monoisotopic (exact) mass is 326 g/mol. The van der Waals surface area contributed by atoms with Gasteiger partial charge in [0.1, 0.15) is 0 Å². The maximum atomic E-state index is 6.74. The lowest BCUT2D eigenvalue weighted by atomic mass is 9.82. The third-order valence-corrected chi connectivity index (χ3v) is 4.76. The average molecular weight is 327 g/mol. The molecule has 0 aliphatic heterocycles. The van der Waals surface area contributed by atoms with Gasteiger partial charge in [-0.1, -0.05) is 94.9 Å². The smallest absolute Gasteiger partial charge is 0.0627 e. The van der Waals surface area contributed by atoms with Crippen LogP contribution in [0.4, 0.5) is 0 Å². The first-order chi connectivity index (χ1) is 10.3. The van der Waals surface area contributed by atoms with Crippen LogP contribution in [0.5, 0.6) is 0 Å². The Kier molecular flexibility index (Phi) is 10.0. The molecule has 0 aromatic rings. The molecule has 0 fully saturated rings. The largest absolute Gasteiger partial charge is 0.374 e. The molecule has 0 saturated carbocycles. The van der Waals surface area contributed by atoms with Crippen LogP contribution in [-0.2, 0) is 4.74 Å². The minimum atomic E-state index is 0.221. The van der Waals surface area contributed by atoms with Gasteiger partial charge in [0.15, 0.2) is 0 Å². The SMILES string of the molecule is CC(C)CCCC(OC(CCCC(C)C)C(C)(C)C)C(C)(C)C. The Morgan fingerprint density at radius 1 is 0.565 bits per heavy atom. The molecule has 1 heteroatoms.